The minimum absolute atomic E-state index is 0.375. The van der Waals surface area contributed by atoms with Crippen molar-refractivity contribution in [3.05, 3.63) is 40.3 Å². The Labute approximate surface area is 132 Å². The maximum absolute atomic E-state index is 11.4. The lowest BCUT2D eigenvalue weighted by Crippen LogP contribution is -2.05. The van der Waals surface area contributed by atoms with Gasteiger partial charge in [0.1, 0.15) is 0 Å². The molecular formula is C18H26O2S. The van der Waals surface area contributed by atoms with Crippen LogP contribution in [0, 0.1) is 12.8 Å². The van der Waals surface area contributed by atoms with E-state index in [9.17, 15) is 9.90 Å². The van der Waals surface area contributed by atoms with Crippen molar-refractivity contribution in [2.24, 2.45) is 5.92 Å². The maximum Gasteiger partial charge on any atom is 0.335 e. The second-order valence-corrected chi connectivity index (χ2v) is 6.90. The molecular weight excluding hydrogens is 280 g/mol. The van der Waals surface area contributed by atoms with Crippen LogP contribution in [0.1, 0.15) is 67.9 Å². The van der Waals surface area contributed by atoms with E-state index in [0.29, 0.717) is 17.4 Å². The lowest BCUT2D eigenvalue weighted by molar-refractivity contribution is 0.0696. The van der Waals surface area contributed by atoms with Gasteiger partial charge >= 0.3 is 5.97 Å². The molecule has 0 aliphatic heterocycles. The highest BCUT2D eigenvalue weighted by molar-refractivity contribution is 8.03. The van der Waals surface area contributed by atoms with Crippen molar-refractivity contribution in [1.82, 2.24) is 0 Å². The Hall–Kier alpha value is -1.22. The average Bonchev–Trinajstić information content (AvgIpc) is 2.43. The first kappa shape index (κ1) is 17.8. The van der Waals surface area contributed by atoms with Crippen LogP contribution in [-0.2, 0) is 0 Å². The number of rotatable bonds is 7. The monoisotopic (exact) mass is 306 g/mol. The zero-order valence-corrected chi connectivity index (χ0v) is 14.5. The molecule has 1 N–H and O–H groups in total. The minimum Gasteiger partial charge on any atom is -0.478 e. The molecule has 21 heavy (non-hydrogen) atoms. The summed E-state index contributed by atoms with van der Waals surface area (Å²) in [6, 6.07) is 3.62. The van der Waals surface area contributed by atoms with Gasteiger partial charge in [-0.15, -0.1) is 0 Å². The SMILES string of the molecule is C=C(Sc1cc(C(=O)O)cc(C(CC)CC)c1C)C(C)C. The molecule has 1 aromatic carbocycles. The third-order valence-electron chi connectivity index (χ3n) is 3.96. The van der Waals surface area contributed by atoms with E-state index in [4.69, 9.17) is 0 Å². The number of thioether (sulfide) groups is 1. The van der Waals surface area contributed by atoms with Crippen LogP contribution in [-0.4, -0.2) is 11.1 Å². The van der Waals surface area contributed by atoms with E-state index in [1.807, 2.05) is 6.07 Å². The molecule has 0 spiro atoms. The Kier molecular flexibility index (Phi) is 6.53. The van der Waals surface area contributed by atoms with Crippen LogP contribution in [0.15, 0.2) is 28.5 Å². The Balaban J connectivity index is 3.35. The van der Waals surface area contributed by atoms with Crippen molar-refractivity contribution in [3.63, 3.8) is 0 Å². The summed E-state index contributed by atoms with van der Waals surface area (Å²) in [6.07, 6.45) is 2.05. The minimum atomic E-state index is -0.862. The van der Waals surface area contributed by atoms with Crippen molar-refractivity contribution >= 4 is 17.7 Å². The van der Waals surface area contributed by atoms with Crippen LogP contribution >= 0.6 is 11.8 Å². The zero-order chi connectivity index (χ0) is 16.2. The second kappa shape index (κ2) is 7.69. The lowest BCUT2D eigenvalue weighted by atomic mass is 9.89. The smallest absolute Gasteiger partial charge is 0.335 e. The quantitative estimate of drug-likeness (QED) is 0.641. The molecule has 0 heterocycles. The van der Waals surface area contributed by atoms with Crippen molar-refractivity contribution in [3.8, 4) is 0 Å². The van der Waals surface area contributed by atoms with E-state index >= 15 is 0 Å². The van der Waals surface area contributed by atoms with Gasteiger partial charge in [-0.2, -0.15) is 0 Å². The van der Waals surface area contributed by atoms with E-state index in [2.05, 4.69) is 41.2 Å². The van der Waals surface area contributed by atoms with Crippen LogP contribution in [0.2, 0.25) is 0 Å². The van der Waals surface area contributed by atoms with Gasteiger partial charge in [0.15, 0.2) is 0 Å². The molecule has 1 rings (SSSR count). The topological polar surface area (TPSA) is 37.3 Å². The highest BCUT2D eigenvalue weighted by atomic mass is 32.2. The van der Waals surface area contributed by atoms with E-state index in [1.165, 1.54) is 11.1 Å². The van der Waals surface area contributed by atoms with Gasteiger partial charge in [-0.3, -0.25) is 0 Å². The highest BCUT2D eigenvalue weighted by Gasteiger charge is 2.18. The number of carbonyl (C=O) groups is 1. The van der Waals surface area contributed by atoms with Crippen LogP contribution < -0.4 is 0 Å². The first-order chi connectivity index (χ1) is 9.81. The first-order valence-electron chi connectivity index (χ1n) is 7.56. The number of allylic oxidation sites excluding steroid dienone is 1. The van der Waals surface area contributed by atoms with Crippen molar-refractivity contribution in [1.29, 1.82) is 0 Å². The van der Waals surface area contributed by atoms with Gasteiger partial charge in [0.2, 0.25) is 0 Å². The number of carboxylic acids is 1. The molecule has 0 fully saturated rings. The molecule has 2 nitrogen and oxygen atoms in total. The van der Waals surface area contributed by atoms with Crippen molar-refractivity contribution in [2.45, 2.75) is 58.3 Å². The van der Waals surface area contributed by atoms with E-state index in [1.54, 1.807) is 17.8 Å². The lowest BCUT2D eigenvalue weighted by Gasteiger charge is -2.20. The largest absolute Gasteiger partial charge is 0.478 e. The average molecular weight is 306 g/mol. The summed E-state index contributed by atoms with van der Waals surface area (Å²) in [6.45, 7) is 14.7. The Morgan fingerprint density at radius 1 is 1.29 bits per heavy atom. The molecule has 0 saturated heterocycles. The van der Waals surface area contributed by atoms with Gasteiger partial charge in [-0.1, -0.05) is 46.0 Å². The molecule has 0 radical (unpaired) electrons. The van der Waals surface area contributed by atoms with Crippen molar-refractivity contribution < 1.29 is 9.90 Å². The normalized spacial score (nSPS) is 11.2. The third-order valence-corrected chi connectivity index (χ3v) is 5.34. The van der Waals surface area contributed by atoms with E-state index in [0.717, 1.165) is 22.6 Å². The van der Waals surface area contributed by atoms with Crippen LogP contribution in [0.25, 0.3) is 0 Å². The third kappa shape index (κ3) is 4.37. The molecule has 0 amide bonds. The Bertz CT molecular complexity index is 528. The van der Waals surface area contributed by atoms with Crippen molar-refractivity contribution in [2.75, 3.05) is 0 Å². The molecule has 0 aromatic heterocycles. The fourth-order valence-corrected chi connectivity index (χ4v) is 3.33. The van der Waals surface area contributed by atoms with Gasteiger partial charge in [0.05, 0.1) is 5.56 Å². The van der Waals surface area contributed by atoms with Crippen LogP contribution in [0.4, 0.5) is 0 Å². The zero-order valence-electron chi connectivity index (χ0n) is 13.7. The molecule has 0 atom stereocenters. The van der Waals surface area contributed by atoms with E-state index in [-0.39, 0.29) is 0 Å². The van der Waals surface area contributed by atoms with E-state index < -0.39 is 5.97 Å². The molecule has 116 valence electrons. The summed E-state index contributed by atoms with van der Waals surface area (Å²) >= 11 is 1.60. The van der Waals surface area contributed by atoms with Gasteiger partial charge in [-0.05, 0) is 59.8 Å². The predicted octanol–water partition coefficient (Wildman–Crippen LogP) is 5.86. The number of aromatic carboxylic acids is 1. The summed E-state index contributed by atoms with van der Waals surface area (Å²) < 4.78 is 0. The number of hydrogen-bond donors (Lipinski definition) is 1. The standard InChI is InChI=1S/C18H26O2S/c1-7-14(8-2)16-9-15(18(19)20)10-17(12(16)5)21-13(6)11(3)4/h9-11,14H,6-8H2,1-5H3,(H,19,20). The molecule has 3 heteroatoms. The summed E-state index contributed by atoms with van der Waals surface area (Å²) in [5.41, 5.74) is 2.74. The summed E-state index contributed by atoms with van der Waals surface area (Å²) in [7, 11) is 0. The van der Waals surface area contributed by atoms with Gasteiger partial charge in [0, 0.05) is 4.90 Å². The van der Waals surface area contributed by atoms with Crippen LogP contribution in [0.3, 0.4) is 0 Å². The summed E-state index contributed by atoms with van der Waals surface area (Å²) in [5.74, 6) is -0.0744. The molecule has 1 aromatic rings. The highest BCUT2D eigenvalue weighted by Crippen LogP contribution is 2.38. The number of benzene rings is 1. The van der Waals surface area contributed by atoms with Crippen LogP contribution in [0.5, 0.6) is 0 Å². The molecule has 0 aliphatic rings. The Morgan fingerprint density at radius 3 is 2.29 bits per heavy atom. The molecule has 0 unspecified atom stereocenters. The predicted molar refractivity (Wildman–Crippen MR) is 91.3 cm³/mol. The van der Waals surface area contributed by atoms with Gasteiger partial charge < -0.3 is 5.11 Å². The molecule has 0 saturated carbocycles. The summed E-state index contributed by atoms with van der Waals surface area (Å²) in [5, 5.41) is 9.36. The maximum atomic E-state index is 11.4. The number of hydrogen-bond acceptors (Lipinski definition) is 2. The fourth-order valence-electron chi connectivity index (χ4n) is 2.35. The molecule has 0 aliphatic carbocycles. The fraction of sp³-hybridized carbons (Fsp3) is 0.500. The Morgan fingerprint density at radius 2 is 1.86 bits per heavy atom. The first-order valence-corrected chi connectivity index (χ1v) is 8.37. The van der Waals surface area contributed by atoms with Gasteiger partial charge in [0.25, 0.3) is 0 Å². The second-order valence-electron chi connectivity index (χ2n) is 5.73. The number of carboxylic acid groups (broad SMARTS) is 1. The summed E-state index contributed by atoms with van der Waals surface area (Å²) in [4.78, 5) is 13.5. The van der Waals surface area contributed by atoms with Gasteiger partial charge in [-0.25, -0.2) is 4.79 Å². The molecule has 0 bridgehead atoms.